The van der Waals surface area contributed by atoms with E-state index in [1.165, 1.54) is 10.9 Å². The van der Waals surface area contributed by atoms with Gasteiger partial charge < -0.3 is 30.5 Å². The topological polar surface area (TPSA) is 149 Å². The summed E-state index contributed by atoms with van der Waals surface area (Å²) in [6, 6.07) is 0.110. The van der Waals surface area contributed by atoms with Crippen LogP contribution in [0.3, 0.4) is 0 Å². The highest BCUT2D eigenvalue weighted by Gasteiger charge is 2.44. The van der Waals surface area contributed by atoms with Crippen LogP contribution in [0.25, 0.3) is 11.2 Å². The van der Waals surface area contributed by atoms with Crippen LogP contribution in [0.1, 0.15) is 26.5 Å². The lowest BCUT2D eigenvalue weighted by Crippen LogP contribution is -2.33. The van der Waals surface area contributed by atoms with Crippen LogP contribution in [0.5, 0.6) is 6.01 Å². The average molecular weight is 353 g/mol. The molecule has 3 rings (SSSR count). The highest BCUT2D eigenvalue weighted by atomic mass is 16.6. The molecule has 10 heteroatoms. The first-order valence-electron chi connectivity index (χ1n) is 8.17. The number of aromatic nitrogens is 4. The summed E-state index contributed by atoms with van der Waals surface area (Å²) in [4.78, 5) is 12.5. The number of nitrogen functional groups attached to an aromatic ring is 1. The molecule has 2 aromatic rings. The molecule has 0 saturated carbocycles. The Kier molecular flexibility index (Phi) is 5.04. The second-order valence-electron chi connectivity index (χ2n) is 6.48. The fourth-order valence-electron chi connectivity index (χ4n) is 2.66. The smallest absolute Gasteiger partial charge is 0.320 e. The van der Waals surface area contributed by atoms with Crippen LogP contribution in [-0.2, 0) is 4.74 Å². The van der Waals surface area contributed by atoms with Gasteiger partial charge in [0.2, 0.25) is 0 Å². The largest absolute Gasteiger partial charge is 0.463 e. The SMILES string of the molecule is CC(C)CCOc1nc(N)c2ncn([C@@H]3O[C@H](CO)[C@@H](O)[C@H]3O)c2n1. The Morgan fingerprint density at radius 3 is 2.72 bits per heavy atom. The fourth-order valence-corrected chi connectivity index (χ4v) is 2.66. The van der Waals surface area contributed by atoms with Crippen molar-refractivity contribution in [1.29, 1.82) is 0 Å². The van der Waals surface area contributed by atoms with Gasteiger partial charge in [-0.1, -0.05) is 13.8 Å². The number of fused-ring (bicyclic) bond motifs is 1. The molecule has 5 N–H and O–H groups in total. The molecule has 0 amide bonds. The van der Waals surface area contributed by atoms with Crippen molar-refractivity contribution < 1.29 is 24.8 Å². The third-order valence-electron chi connectivity index (χ3n) is 4.15. The summed E-state index contributed by atoms with van der Waals surface area (Å²) in [6.07, 6.45) is -2.05. The van der Waals surface area contributed by atoms with E-state index in [1.54, 1.807) is 0 Å². The van der Waals surface area contributed by atoms with E-state index in [1.807, 2.05) is 0 Å². The van der Waals surface area contributed by atoms with Gasteiger partial charge in [-0.25, -0.2) is 4.98 Å². The molecule has 0 aliphatic carbocycles. The lowest BCUT2D eigenvalue weighted by atomic mass is 10.1. The molecule has 0 unspecified atom stereocenters. The molecular weight excluding hydrogens is 330 g/mol. The summed E-state index contributed by atoms with van der Waals surface area (Å²) in [7, 11) is 0. The zero-order chi connectivity index (χ0) is 18.1. The number of aliphatic hydroxyl groups is 3. The molecule has 0 spiro atoms. The van der Waals surface area contributed by atoms with Gasteiger partial charge in [-0.3, -0.25) is 4.57 Å². The summed E-state index contributed by atoms with van der Waals surface area (Å²) in [5.74, 6) is 0.626. The molecule has 0 bridgehead atoms. The molecule has 1 saturated heterocycles. The number of imidazole rings is 1. The van der Waals surface area contributed by atoms with Crippen molar-refractivity contribution >= 4 is 17.0 Å². The Balaban J connectivity index is 1.90. The minimum absolute atomic E-state index is 0.110. The lowest BCUT2D eigenvalue weighted by molar-refractivity contribution is -0.0511. The van der Waals surface area contributed by atoms with Gasteiger partial charge in [0.15, 0.2) is 23.2 Å². The van der Waals surface area contributed by atoms with Gasteiger partial charge in [-0.05, 0) is 12.3 Å². The third-order valence-corrected chi connectivity index (χ3v) is 4.15. The summed E-state index contributed by atoms with van der Waals surface area (Å²) in [5.41, 5.74) is 6.58. The van der Waals surface area contributed by atoms with Crippen molar-refractivity contribution in [3.8, 4) is 6.01 Å². The van der Waals surface area contributed by atoms with Gasteiger partial charge in [0.1, 0.15) is 18.3 Å². The maximum atomic E-state index is 10.2. The van der Waals surface area contributed by atoms with E-state index >= 15 is 0 Å². The summed E-state index contributed by atoms with van der Waals surface area (Å²) < 4.78 is 12.5. The summed E-state index contributed by atoms with van der Waals surface area (Å²) in [5, 5.41) is 29.3. The van der Waals surface area contributed by atoms with Crippen molar-refractivity contribution in [3.05, 3.63) is 6.33 Å². The molecule has 3 heterocycles. The second-order valence-corrected chi connectivity index (χ2v) is 6.48. The summed E-state index contributed by atoms with van der Waals surface area (Å²) in [6.45, 7) is 4.20. The van der Waals surface area contributed by atoms with Gasteiger partial charge in [0.25, 0.3) is 0 Å². The Hall–Kier alpha value is -2.01. The van der Waals surface area contributed by atoms with E-state index in [0.29, 0.717) is 23.7 Å². The van der Waals surface area contributed by atoms with Gasteiger partial charge in [-0.2, -0.15) is 9.97 Å². The number of hydrogen-bond acceptors (Lipinski definition) is 9. The maximum absolute atomic E-state index is 10.2. The van der Waals surface area contributed by atoms with Crippen LogP contribution in [0.2, 0.25) is 0 Å². The quantitative estimate of drug-likeness (QED) is 0.536. The van der Waals surface area contributed by atoms with Crippen LogP contribution in [0.15, 0.2) is 6.33 Å². The van der Waals surface area contributed by atoms with Gasteiger partial charge in [0.05, 0.1) is 19.5 Å². The third kappa shape index (κ3) is 3.38. The molecule has 0 aromatic carbocycles. The van der Waals surface area contributed by atoms with Crippen molar-refractivity contribution in [2.45, 2.75) is 44.8 Å². The predicted molar refractivity (Wildman–Crippen MR) is 87.7 cm³/mol. The first-order valence-corrected chi connectivity index (χ1v) is 8.17. The molecule has 1 aliphatic rings. The second kappa shape index (κ2) is 7.08. The number of anilines is 1. The minimum Gasteiger partial charge on any atom is -0.463 e. The fraction of sp³-hybridized carbons (Fsp3) is 0.667. The van der Waals surface area contributed by atoms with E-state index in [2.05, 4.69) is 28.8 Å². The Morgan fingerprint density at radius 1 is 1.32 bits per heavy atom. The van der Waals surface area contributed by atoms with Crippen LogP contribution in [0.4, 0.5) is 5.82 Å². The molecule has 4 atom stereocenters. The molecule has 10 nitrogen and oxygen atoms in total. The zero-order valence-electron chi connectivity index (χ0n) is 14.1. The molecule has 0 radical (unpaired) electrons. The van der Waals surface area contributed by atoms with Gasteiger partial charge >= 0.3 is 6.01 Å². The molecule has 1 fully saturated rings. The van der Waals surface area contributed by atoms with Crippen molar-refractivity contribution in [3.63, 3.8) is 0 Å². The molecule has 2 aromatic heterocycles. The minimum atomic E-state index is -1.24. The number of nitrogens with zero attached hydrogens (tertiary/aromatic N) is 4. The summed E-state index contributed by atoms with van der Waals surface area (Å²) >= 11 is 0. The van der Waals surface area contributed by atoms with Gasteiger partial charge in [0, 0.05) is 0 Å². The number of nitrogens with two attached hydrogens (primary N) is 1. The molecule has 1 aliphatic heterocycles. The van der Waals surface area contributed by atoms with E-state index in [-0.39, 0.29) is 11.8 Å². The number of ether oxygens (including phenoxy) is 2. The molecule has 25 heavy (non-hydrogen) atoms. The average Bonchev–Trinajstić information content (AvgIpc) is 3.10. The first kappa shape index (κ1) is 17.8. The standard InChI is InChI=1S/C15H23N5O5/c1-7(2)3-4-24-15-18-12(16)9-13(19-15)20(6-17-9)14-11(23)10(22)8(5-21)25-14/h6-8,10-11,14,21-23H,3-5H2,1-2H3,(H2,16,18,19)/t8-,10-,11-,14-/m1/s1. The van der Waals surface area contributed by atoms with Crippen LogP contribution in [-0.4, -0.2) is 66.4 Å². The van der Waals surface area contributed by atoms with E-state index in [4.69, 9.17) is 15.2 Å². The highest BCUT2D eigenvalue weighted by Crippen LogP contribution is 2.32. The Bertz CT molecular complexity index is 736. The Labute approximate surface area is 144 Å². The normalized spacial score (nSPS) is 26.6. The van der Waals surface area contributed by atoms with Crippen molar-refractivity contribution in [2.75, 3.05) is 18.9 Å². The molecular formula is C15H23N5O5. The van der Waals surface area contributed by atoms with Crippen LogP contribution >= 0.6 is 0 Å². The van der Waals surface area contributed by atoms with Crippen LogP contribution < -0.4 is 10.5 Å². The van der Waals surface area contributed by atoms with Crippen molar-refractivity contribution in [1.82, 2.24) is 19.5 Å². The maximum Gasteiger partial charge on any atom is 0.320 e. The van der Waals surface area contributed by atoms with Crippen LogP contribution in [0, 0.1) is 5.92 Å². The monoisotopic (exact) mass is 353 g/mol. The Morgan fingerprint density at radius 2 is 2.08 bits per heavy atom. The lowest BCUT2D eigenvalue weighted by Gasteiger charge is -2.16. The van der Waals surface area contributed by atoms with E-state index in [9.17, 15) is 15.3 Å². The van der Waals surface area contributed by atoms with Gasteiger partial charge in [-0.15, -0.1) is 0 Å². The predicted octanol–water partition coefficient (Wildman–Crippen LogP) is -0.555. The number of aliphatic hydroxyl groups excluding tert-OH is 3. The first-order chi connectivity index (χ1) is 11.9. The van der Waals surface area contributed by atoms with E-state index in [0.717, 1.165) is 6.42 Å². The van der Waals surface area contributed by atoms with Crippen molar-refractivity contribution in [2.24, 2.45) is 5.92 Å². The molecule has 138 valence electrons. The number of rotatable bonds is 6. The highest BCUT2D eigenvalue weighted by molar-refractivity contribution is 5.82. The zero-order valence-corrected chi connectivity index (χ0v) is 14.1. The number of hydrogen-bond donors (Lipinski definition) is 4. The van der Waals surface area contributed by atoms with E-state index < -0.39 is 31.1 Å².